The van der Waals surface area contributed by atoms with Crippen LogP contribution >= 0.6 is 11.5 Å². The first-order valence-corrected chi connectivity index (χ1v) is 10.7. The number of benzene rings is 1. The lowest BCUT2D eigenvalue weighted by Gasteiger charge is -2.20. The number of aromatic nitrogens is 2. The van der Waals surface area contributed by atoms with E-state index in [0.29, 0.717) is 38.4 Å². The van der Waals surface area contributed by atoms with Crippen LogP contribution in [0, 0.1) is 12.8 Å². The predicted octanol–water partition coefficient (Wildman–Crippen LogP) is 4.20. The molecule has 6 nitrogen and oxygen atoms in total. The number of nitrogens with one attached hydrogen (secondary N) is 1. The summed E-state index contributed by atoms with van der Waals surface area (Å²) in [6.07, 6.45) is 2.76. The van der Waals surface area contributed by atoms with E-state index in [1.165, 1.54) is 22.7 Å². The summed E-state index contributed by atoms with van der Waals surface area (Å²) in [6, 6.07) is 12.2. The smallest absolute Gasteiger partial charge is 0.221 e. The van der Waals surface area contributed by atoms with Crippen molar-refractivity contribution in [2.24, 2.45) is 5.92 Å². The zero-order valence-electron chi connectivity index (χ0n) is 17.2. The van der Waals surface area contributed by atoms with E-state index in [1.807, 2.05) is 12.1 Å². The molecule has 3 rings (SSSR count). The molecule has 2 aromatic heterocycles. The Morgan fingerprint density at radius 2 is 2.03 bits per heavy atom. The second-order valence-electron chi connectivity index (χ2n) is 7.60. The normalized spacial score (nSPS) is 11.0. The van der Waals surface area contributed by atoms with E-state index < -0.39 is 0 Å². The van der Waals surface area contributed by atoms with Crippen LogP contribution in [0.5, 0.6) is 0 Å². The molecule has 0 atom stereocenters. The summed E-state index contributed by atoms with van der Waals surface area (Å²) < 4.78 is 10.0. The highest BCUT2D eigenvalue weighted by Crippen LogP contribution is 2.22. The number of carbonyl (C=O) groups excluding carboxylic acids is 1. The number of anilines is 1. The Hall–Kier alpha value is -2.67. The minimum Gasteiger partial charge on any atom is -0.467 e. The Labute approximate surface area is 176 Å². The maximum atomic E-state index is 12.2. The van der Waals surface area contributed by atoms with Gasteiger partial charge in [0, 0.05) is 37.5 Å². The molecule has 0 aliphatic rings. The van der Waals surface area contributed by atoms with Crippen molar-refractivity contribution < 1.29 is 9.21 Å². The molecule has 3 aromatic rings. The fourth-order valence-corrected chi connectivity index (χ4v) is 3.52. The molecule has 7 heteroatoms. The molecule has 1 amide bonds. The minimum absolute atomic E-state index is 0.0486. The SMILES string of the molecule is Cc1ccc(Cc2nsc(N(CCC(=O)NCC(C)C)Cc3ccco3)n2)cc1. The number of amides is 1. The van der Waals surface area contributed by atoms with Crippen LogP contribution in [-0.4, -0.2) is 28.4 Å². The molecule has 0 fully saturated rings. The van der Waals surface area contributed by atoms with Gasteiger partial charge >= 0.3 is 0 Å². The first kappa shape index (κ1) is 21.0. The summed E-state index contributed by atoms with van der Waals surface area (Å²) in [6.45, 7) is 8.05. The maximum Gasteiger partial charge on any atom is 0.221 e. The van der Waals surface area contributed by atoms with E-state index in [2.05, 4.69) is 59.6 Å². The second kappa shape index (κ2) is 10.2. The summed E-state index contributed by atoms with van der Waals surface area (Å²) in [4.78, 5) is 18.9. The van der Waals surface area contributed by atoms with E-state index in [1.54, 1.807) is 6.26 Å². The number of rotatable bonds is 10. The first-order valence-electron chi connectivity index (χ1n) is 9.91. The standard InChI is InChI=1S/C22H28N4O2S/c1-16(2)14-23-21(27)10-11-26(15-19-5-4-12-28-19)22-24-20(25-29-22)13-18-8-6-17(3)7-9-18/h4-9,12,16H,10-11,13-15H2,1-3H3,(H,23,27). The van der Waals surface area contributed by atoms with Gasteiger partial charge in [-0.3, -0.25) is 4.79 Å². The Morgan fingerprint density at radius 1 is 1.24 bits per heavy atom. The highest BCUT2D eigenvalue weighted by molar-refractivity contribution is 7.09. The molecule has 29 heavy (non-hydrogen) atoms. The maximum absolute atomic E-state index is 12.2. The molecule has 0 saturated heterocycles. The zero-order chi connectivity index (χ0) is 20.6. The number of aryl methyl sites for hydroxylation is 1. The van der Waals surface area contributed by atoms with E-state index in [0.717, 1.165) is 16.7 Å². The van der Waals surface area contributed by atoms with Gasteiger partial charge in [0.15, 0.2) is 0 Å². The second-order valence-corrected chi connectivity index (χ2v) is 8.33. The number of hydrogen-bond acceptors (Lipinski definition) is 6. The summed E-state index contributed by atoms with van der Waals surface area (Å²) in [5.41, 5.74) is 2.42. The van der Waals surface area contributed by atoms with Crippen LogP contribution < -0.4 is 10.2 Å². The van der Waals surface area contributed by atoms with E-state index >= 15 is 0 Å². The third kappa shape index (κ3) is 6.71. The van der Waals surface area contributed by atoms with Crippen molar-refractivity contribution in [1.82, 2.24) is 14.7 Å². The van der Waals surface area contributed by atoms with Crippen molar-refractivity contribution in [3.05, 3.63) is 65.4 Å². The third-order valence-corrected chi connectivity index (χ3v) is 5.27. The van der Waals surface area contributed by atoms with Gasteiger partial charge in [-0.15, -0.1) is 0 Å². The van der Waals surface area contributed by atoms with Crippen molar-refractivity contribution >= 4 is 22.6 Å². The highest BCUT2D eigenvalue weighted by Gasteiger charge is 2.16. The monoisotopic (exact) mass is 412 g/mol. The quantitative estimate of drug-likeness (QED) is 0.540. The van der Waals surface area contributed by atoms with Gasteiger partial charge < -0.3 is 14.6 Å². The van der Waals surface area contributed by atoms with Gasteiger partial charge in [-0.1, -0.05) is 43.7 Å². The van der Waals surface area contributed by atoms with Gasteiger partial charge in [-0.2, -0.15) is 4.37 Å². The van der Waals surface area contributed by atoms with E-state index in [4.69, 9.17) is 9.40 Å². The Kier molecular flexibility index (Phi) is 7.41. The van der Waals surface area contributed by atoms with Crippen LogP contribution in [0.2, 0.25) is 0 Å². The molecule has 1 N–H and O–H groups in total. The Balaban J connectivity index is 1.66. The Bertz CT molecular complexity index is 888. The fraction of sp³-hybridized carbons (Fsp3) is 0.409. The topological polar surface area (TPSA) is 71.3 Å². The molecule has 0 aliphatic heterocycles. The number of nitrogens with zero attached hydrogens (tertiary/aromatic N) is 3. The average molecular weight is 413 g/mol. The van der Waals surface area contributed by atoms with Crippen molar-refractivity contribution in [1.29, 1.82) is 0 Å². The Morgan fingerprint density at radius 3 is 2.72 bits per heavy atom. The molecular formula is C22H28N4O2S. The molecule has 0 spiro atoms. The predicted molar refractivity (Wildman–Crippen MR) is 116 cm³/mol. The largest absolute Gasteiger partial charge is 0.467 e. The van der Waals surface area contributed by atoms with Crippen LogP contribution in [0.3, 0.4) is 0 Å². The molecule has 0 unspecified atom stereocenters. The van der Waals surface area contributed by atoms with Crippen LogP contribution in [0.15, 0.2) is 47.1 Å². The van der Waals surface area contributed by atoms with E-state index in [9.17, 15) is 4.79 Å². The molecule has 2 heterocycles. The van der Waals surface area contributed by atoms with Crippen molar-refractivity contribution in [3.63, 3.8) is 0 Å². The fourth-order valence-electron chi connectivity index (χ4n) is 2.81. The molecule has 0 bridgehead atoms. The van der Waals surface area contributed by atoms with Crippen molar-refractivity contribution in [3.8, 4) is 0 Å². The van der Waals surface area contributed by atoms with Gasteiger partial charge in [0.05, 0.1) is 12.8 Å². The van der Waals surface area contributed by atoms with Crippen LogP contribution in [0.25, 0.3) is 0 Å². The molecule has 0 saturated carbocycles. The van der Waals surface area contributed by atoms with Crippen molar-refractivity contribution in [2.45, 2.75) is 40.2 Å². The molecule has 0 aliphatic carbocycles. The van der Waals surface area contributed by atoms with Gasteiger partial charge in [0.1, 0.15) is 11.6 Å². The summed E-state index contributed by atoms with van der Waals surface area (Å²) in [5.74, 6) is 2.11. The van der Waals surface area contributed by atoms with Gasteiger partial charge in [-0.05, 0) is 30.5 Å². The van der Waals surface area contributed by atoms with Crippen LogP contribution in [-0.2, 0) is 17.8 Å². The zero-order valence-corrected chi connectivity index (χ0v) is 18.0. The summed E-state index contributed by atoms with van der Waals surface area (Å²) in [7, 11) is 0. The average Bonchev–Trinajstić information content (AvgIpc) is 3.37. The van der Waals surface area contributed by atoms with Gasteiger partial charge in [0.2, 0.25) is 11.0 Å². The van der Waals surface area contributed by atoms with Crippen LogP contribution in [0.1, 0.15) is 43.0 Å². The summed E-state index contributed by atoms with van der Waals surface area (Å²) >= 11 is 1.36. The van der Waals surface area contributed by atoms with Crippen LogP contribution in [0.4, 0.5) is 5.13 Å². The minimum atomic E-state index is 0.0486. The highest BCUT2D eigenvalue weighted by atomic mass is 32.1. The summed E-state index contributed by atoms with van der Waals surface area (Å²) in [5, 5.41) is 3.77. The van der Waals surface area contributed by atoms with Crippen molar-refractivity contribution in [2.75, 3.05) is 18.0 Å². The molecule has 0 radical (unpaired) electrons. The van der Waals surface area contributed by atoms with Gasteiger partial charge in [0.25, 0.3) is 0 Å². The number of furan rings is 1. The third-order valence-electron chi connectivity index (χ3n) is 4.45. The van der Waals surface area contributed by atoms with Gasteiger partial charge in [-0.25, -0.2) is 4.98 Å². The number of hydrogen-bond donors (Lipinski definition) is 1. The first-order chi connectivity index (χ1) is 14.0. The van der Waals surface area contributed by atoms with E-state index in [-0.39, 0.29) is 5.91 Å². The molecule has 1 aromatic carbocycles. The number of carbonyl (C=O) groups is 1. The lowest BCUT2D eigenvalue weighted by molar-refractivity contribution is -0.121. The lowest BCUT2D eigenvalue weighted by Crippen LogP contribution is -2.32. The molecular weight excluding hydrogens is 384 g/mol. The molecule has 154 valence electrons. The lowest BCUT2D eigenvalue weighted by atomic mass is 10.1.